The molecule has 2 rings (SSSR count). The minimum atomic E-state index is -0.948. The SMILES string of the molecule is Cc1ccc(N2CC(C(=O)O)CC2=O)nn1. The third kappa shape index (κ3) is 1.86. The number of rotatable bonds is 2. The third-order valence-electron chi connectivity index (χ3n) is 2.53. The number of nitrogens with zero attached hydrogens (tertiary/aromatic N) is 3. The molecule has 0 bridgehead atoms. The monoisotopic (exact) mass is 221 g/mol. The number of amides is 1. The summed E-state index contributed by atoms with van der Waals surface area (Å²) in [5.74, 6) is -1.39. The van der Waals surface area contributed by atoms with Crippen molar-refractivity contribution in [3.8, 4) is 0 Å². The molecular formula is C10H11N3O3. The lowest BCUT2D eigenvalue weighted by Crippen LogP contribution is -2.26. The Kier molecular flexibility index (Phi) is 2.55. The molecule has 1 amide bonds. The molecule has 6 heteroatoms. The Labute approximate surface area is 91.9 Å². The number of aryl methyl sites for hydroxylation is 1. The van der Waals surface area contributed by atoms with Crippen molar-refractivity contribution >= 4 is 17.7 Å². The summed E-state index contributed by atoms with van der Waals surface area (Å²) in [6.07, 6.45) is 0.0326. The lowest BCUT2D eigenvalue weighted by Gasteiger charge is -2.13. The first-order chi connectivity index (χ1) is 7.58. The van der Waals surface area contributed by atoms with E-state index in [0.29, 0.717) is 5.82 Å². The van der Waals surface area contributed by atoms with Crippen molar-refractivity contribution in [2.75, 3.05) is 11.4 Å². The molecule has 1 unspecified atom stereocenters. The van der Waals surface area contributed by atoms with Crippen molar-refractivity contribution in [1.29, 1.82) is 0 Å². The summed E-state index contributed by atoms with van der Waals surface area (Å²) in [5.41, 5.74) is 0.755. The maximum Gasteiger partial charge on any atom is 0.308 e. The van der Waals surface area contributed by atoms with Gasteiger partial charge in [-0.1, -0.05) is 0 Å². The van der Waals surface area contributed by atoms with E-state index in [1.54, 1.807) is 19.1 Å². The molecule has 6 nitrogen and oxygen atoms in total. The molecular weight excluding hydrogens is 210 g/mol. The summed E-state index contributed by atoms with van der Waals surface area (Å²) in [6.45, 7) is 1.97. The average molecular weight is 221 g/mol. The molecule has 0 spiro atoms. The van der Waals surface area contributed by atoms with Crippen LogP contribution < -0.4 is 4.90 Å². The van der Waals surface area contributed by atoms with Crippen molar-refractivity contribution in [1.82, 2.24) is 10.2 Å². The number of hydrogen-bond acceptors (Lipinski definition) is 4. The smallest absolute Gasteiger partial charge is 0.308 e. The highest BCUT2D eigenvalue weighted by Gasteiger charge is 2.35. The number of carboxylic acid groups (broad SMARTS) is 1. The van der Waals surface area contributed by atoms with Gasteiger partial charge in [0.1, 0.15) is 0 Å². The maximum absolute atomic E-state index is 11.6. The second-order valence-corrected chi connectivity index (χ2v) is 3.78. The van der Waals surface area contributed by atoms with Gasteiger partial charge in [-0.3, -0.25) is 14.5 Å². The van der Waals surface area contributed by atoms with Gasteiger partial charge in [-0.2, -0.15) is 5.10 Å². The molecule has 1 atom stereocenters. The second kappa shape index (κ2) is 3.88. The highest BCUT2D eigenvalue weighted by atomic mass is 16.4. The first-order valence-corrected chi connectivity index (χ1v) is 4.91. The maximum atomic E-state index is 11.6. The van der Waals surface area contributed by atoms with Gasteiger partial charge in [0.15, 0.2) is 5.82 Å². The van der Waals surface area contributed by atoms with Crippen LogP contribution in [-0.4, -0.2) is 33.7 Å². The number of carboxylic acids is 1. The van der Waals surface area contributed by atoms with Gasteiger partial charge < -0.3 is 5.11 Å². The number of aliphatic carboxylic acids is 1. The molecule has 1 aliphatic heterocycles. The van der Waals surface area contributed by atoms with Crippen LogP contribution in [0.4, 0.5) is 5.82 Å². The molecule has 1 aliphatic rings. The minimum absolute atomic E-state index is 0.0326. The van der Waals surface area contributed by atoms with Crippen LogP contribution in [0.3, 0.4) is 0 Å². The number of aromatic nitrogens is 2. The predicted octanol–water partition coefficient (Wildman–Crippen LogP) is 0.223. The van der Waals surface area contributed by atoms with E-state index in [1.807, 2.05) is 0 Å². The second-order valence-electron chi connectivity index (χ2n) is 3.78. The van der Waals surface area contributed by atoms with Gasteiger partial charge in [-0.25, -0.2) is 0 Å². The van der Waals surface area contributed by atoms with Crippen molar-refractivity contribution in [2.45, 2.75) is 13.3 Å². The molecule has 1 fully saturated rings. The molecule has 2 heterocycles. The van der Waals surface area contributed by atoms with Crippen LogP contribution in [0.15, 0.2) is 12.1 Å². The molecule has 0 aromatic carbocycles. The summed E-state index contributed by atoms with van der Waals surface area (Å²) in [4.78, 5) is 23.7. The Balaban J connectivity index is 2.20. The molecule has 1 aromatic heterocycles. The Bertz CT molecular complexity index is 429. The zero-order chi connectivity index (χ0) is 11.7. The number of anilines is 1. The van der Waals surface area contributed by atoms with E-state index in [0.717, 1.165) is 5.69 Å². The van der Waals surface area contributed by atoms with E-state index in [-0.39, 0.29) is 18.9 Å². The number of hydrogen-bond donors (Lipinski definition) is 1. The van der Waals surface area contributed by atoms with Gasteiger partial charge in [0.05, 0.1) is 11.6 Å². The van der Waals surface area contributed by atoms with Gasteiger partial charge in [-0.05, 0) is 19.1 Å². The Morgan fingerprint density at radius 2 is 2.25 bits per heavy atom. The van der Waals surface area contributed by atoms with Crippen LogP contribution in [0.2, 0.25) is 0 Å². The predicted molar refractivity (Wildman–Crippen MR) is 54.9 cm³/mol. The Morgan fingerprint density at radius 3 is 2.75 bits per heavy atom. The molecule has 1 aromatic rings. The topological polar surface area (TPSA) is 83.4 Å². The van der Waals surface area contributed by atoms with Crippen LogP contribution in [0.1, 0.15) is 12.1 Å². The molecule has 0 radical (unpaired) electrons. The van der Waals surface area contributed by atoms with Crippen LogP contribution >= 0.6 is 0 Å². The zero-order valence-electron chi connectivity index (χ0n) is 8.75. The first-order valence-electron chi connectivity index (χ1n) is 4.91. The Hall–Kier alpha value is -1.98. The highest BCUT2D eigenvalue weighted by molar-refractivity contribution is 5.98. The minimum Gasteiger partial charge on any atom is -0.481 e. The third-order valence-corrected chi connectivity index (χ3v) is 2.53. The number of carbonyl (C=O) groups excluding carboxylic acids is 1. The fraction of sp³-hybridized carbons (Fsp3) is 0.400. The molecule has 1 N–H and O–H groups in total. The molecule has 16 heavy (non-hydrogen) atoms. The fourth-order valence-corrected chi connectivity index (χ4v) is 1.63. The van der Waals surface area contributed by atoms with E-state index in [1.165, 1.54) is 4.90 Å². The average Bonchev–Trinajstić information content (AvgIpc) is 2.62. The van der Waals surface area contributed by atoms with Crippen molar-refractivity contribution in [3.05, 3.63) is 17.8 Å². The van der Waals surface area contributed by atoms with Gasteiger partial charge in [0.25, 0.3) is 0 Å². The van der Waals surface area contributed by atoms with Crippen LogP contribution in [0.25, 0.3) is 0 Å². The van der Waals surface area contributed by atoms with Gasteiger partial charge in [0, 0.05) is 13.0 Å². The normalized spacial score (nSPS) is 20.2. The van der Waals surface area contributed by atoms with Crippen LogP contribution in [-0.2, 0) is 9.59 Å². The van der Waals surface area contributed by atoms with E-state index >= 15 is 0 Å². The summed E-state index contributed by atoms with van der Waals surface area (Å²) >= 11 is 0. The van der Waals surface area contributed by atoms with Gasteiger partial charge >= 0.3 is 5.97 Å². The molecule has 1 saturated heterocycles. The van der Waals surface area contributed by atoms with Crippen molar-refractivity contribution < 1.29 is 14.7 Å². The molecule has 0 aliphatic carbocycles. The largest absolute Gasteiger partial charge is 0.481 e. The summed E-state index contributed by atoms with van der Waals surface area (Å²) < 4.78 is 0. The standard InChI is InChI=1S/C10H11N3O3/c1-6-2-3-8(12-11-6)13-5-7(10(15)16)4-9(13)14/h2-3,7H,4-5H2,1H3,(H,15,16). The highest BCUT2D eigenvalue weighted by Crippen LogP contribution is 2.22. The van der Waals surface area contributed by atoms with Gasteiger partial charge in [-0.15, -0.1) is 5.10 Å². The van der Waals surface area contributed by atoms with E-state index in [2.05, 4.69) is 10.2 Å². The van der Waals surface area contributed by atoms with Crippen molar-refractivity contribution in [3.63, 3.8) is 0 Å². The van der Waals surface area contributed by atoms with E-state index in [9.17, 15) is 9.59 Å². The van der Waals surface area contributed by atoms with Crippen molar-refractivity contribution in [2.24, 2.45) is 5.92 Å². The lowest BCUT2D eigenvalue weighted by molar-refractivity contribution is -0.141. The summed E-state index contributed by atoms with van der Waals surface area (Å²) in [7, 11) is 0. The van der Waals surface area contributed by atoms with E-state index in [4.69, 9.17) is 5.11 Å². The first kappa shape index (κ1) is 10.5. The summed E-state index contributed by atoms with van der Waals surface area (Å²) in [6, 6.07) is 3.41. The molecule has 84 valence electrons. The van der Waals surface area contributed by atoms with E-state index < -0.39 is 11.9 Å². The molecule has 0 saturated carbocycles. The Morgan fingerprint density at radius 1 is 1.50 bits per heavy atom. The fourth-order valence-electron chi connectivity index (χ4n) is 1.63. The number of carbonyl (C=O) groups is 2. The quantitative estimate of drug-likeness (QED) is 0.772. The van der Waals surface area contributed by atoms with Gasteiger partial charge in [0.2, 0.25) is 5.91 Å². The van der Waals surface area contributed by atoms with Crippen LogP contribution in [0, 0.1) is 12.8 Å². The lowest BCUT2D eigenvalue weighted by atomic mass is 10.1. The zero-order valence-corrected chi connectivity index (χ0v) is 8.75. The summed E-state index contributed by atoms with van der Waals surface area (Å²) in [5, 5.41) is 16.5. The van der Waals surface area contributed by atoms with Crippen LogP contribution in [0.5, 0.6) is 0 Å².